The highest BCUT2D eigenvalue weighted by molar-refractivity contribution is 7.09. The van der Waals surface area contributed by atoms with Crippen molar-refractivity contribution in [3.8, 4) is 0 Å². The van der Waals surface area contributed by atoms with Crippen LogP contribution < -0.4 is 0 Å². The van der Waals surface area contributed by atoms with Gasteiger partial charge in [0.15, 0.2) is 0 Å². The number of aromatic nitrogens is 1. The minimum Gasteiger partial charge on any atom is -0.378 e. The van der Waals surface area contributed by atoms with Crippen LogP contribution in [0.5, 0.6) is 0 Å². The highest BCUT2D eigenvalue weighted by Crippen LogP contribution is 2.35. The number of amides is 1. The van der Waals surface area contributed by atoms with Crippen LogP contribution in [0.4, 0.5) is 0 Å². The van der Waals surface area contributed by atoms with Gasteiger partial charge in [-0.05, 0) is 19.3 Å². The second-order valence-electron chi connectivity index (χ2n) is 6.55. The molecule has 126 valence electrons. The predicted octanol–water partition coefficient (Wildman–Crippen LogP) is 1.53. The maximum absolute atomic E-state index is 12.8. The molecule has 3 aliphatic rings. The molecule has 6 nitrogen and oxygen atoms in total. The number of fused-ring (bicyclic) bond motifs is 1. The van der Waals surface area contributed by atoms with Crippen LogP contribution in [0, 0.1) is 11.8 Å². The molecule has 1 amide bonds. The highest BCUT2D eigenvalue weighted by atomic mass is 32.1. The van der Waals surface area contributed by atoms with E-state index in [4.69, 9.17) is 9.57 Å². The van der Waals surface area contributed by atoms with Crippen molar-refractivity contribution in [3.63, 3.8) is 0 Å². The summed E-state index contributed by atoms with van der Waals surface area (Å²) in [5.74, 6) is 0.469. The molecule has 1 aromatic rings. The van der Waals surface area contributed by atoms with Gasteiger partial charge in [0.25, 0.3) is 0 Å². The van der Waals surface area contributed by atoms with Gasteiger partial charge in [-0.3, -0.25) is 14.5 Å². The molecule has 3 aliphatic heterocycles. The number of carbonyl (C=O) groups excluding carboxylic acids is 1. The number of rotatable bonds is 3. The van der Waals surface area contributed by atoms with Gasteiger partial charge in [-0.15, -0.1) is 11.3 Å². The van der Waals surface area contributed by atoms with Gasteiger partial charge in [-0.25, -0.2) is 10.0 Å². The Balaban J connectivity index is 1.44. The summed E-state index contributed by atoms with van der Waals surface area (Å²) in [6, 6.07) is 0. The van der Waals surface area contributed by atoms with Gasteiger partial charge in [0.05, 0.1) is 25.8 Å². The van der Waals surface area contributed by atoms with Gasteiger partial charge >= 0.3 is 0 Å². The lowest BCUT2D eigenvalue weighted by molar-refractivity contribution is -0.185. The Morgan fingerprint density at radius 3 is 3.09 bits per heavy atom. The van der Waals surface area contributed by atoms with Crippen molar-refractivity contribution in [2.75, 3.05) is 32.8 Å². The number of nitrogens with zero attached hydrogens (tertiary/aromatic N) is 3. The average molecular weight is 337 g/mol. The Labute approximate surface area is 140 Å². The van der Waals surface area contributed by atoms with E-state index in [2.05, 4.69) is 9.88 Å². The summed E-state index contributed by atoms with van der Waals surface area (Å²) in [6.07, 6.45) is 4.83. The third-order valence-corrected chi connectivity index (χ3v) is 5.88. The number of likely N-dealkylation sites (tertiary alicyclic amines) is 1. The molecule has 0 bridgehead atoms. The maximum atomic E-state index is 12.8. The topological polar surface area (TPSA) is 54.9 Å². The molecular formula is C16H23N3O3S. The van der Waals surface area contributed by atoms with Crippen molar-refractivity contribution < 1.29 is 14.4 Å². The van der Waals surface area contributed by atoms with Gasteiger partial charge in [0, 0.05) is 43.1 Å². The van der Waals surface area contributed by atoms with E-state index >= 15 is 0 Å². The van der Waals surface area contributed by atoms with Gasteiger partial charge in [0.2, 0.25) is 5.91 Å². The van der Waals surface area contributed by atoms with Gasteiger partial charge in [-0.1, -0.05) is 0 Å². The number of thiazole rings is 1. The third kappa shape index (κ3) is 3.28. The fourth-order valence-electron chi connectivity index (χ4n) is 3.96. The summed E-state index contributed by atoms with van der Waals surface area (Å²) in [4.78, 5) is 25.1. The highest BCUT2D eigenvalue weighted by Gasteiger charge is 2.43. The molecule has 0 aliphatic carbocycles. The van der Waals surface area contributed by atoms with Crippen LogP contribution in [0.3, 0.4) is 0 Å². The van der Waals surface area contributed by atoms with Crippen LogP contribution in [-0.4, -0.2) is 59.8 Å². The van der Waals surface area contributed by atoms with Crippen LogP contribution in [-0.2, 0) is 20.9 Å². The Morgan fingerprint density at radius 1 is 1.35 bits per heavy atom. The minimum atomic E-state index is 0.0333. The van der Waals surface area contributed by atoms with Crippen LogP contribution in [0.1, 0.15) is 24.3 Å². The molecule has 0 aromatic carbocycles. The monoisotopic (exact) mass is 337 g/mol. The van der Waals surface area contributed by atoms with Crippen molar-refractivity contribution >= 4 is 17.2 Å². The molecule has 7 heteroatoms. The van der Waals surface area contributed by atoms with E-state index in [1.807, 2.05) is 11.6 Å². The van der Waals surface area contributed by atoms with Gasteiger partial charge in [0.1, 0.15) is 5.01 Å². The minimum absolute atomic E-state index is 0.0333. The van der Waals surface area contributed by atoms with E-state index in [1.165, 1.54) is 0 Å². The number of carbonyl (C=O) groups is 1. The Morgan fingerprint density at radius 2 is 2.30 bits per heavy atom. The van der Waals surface area contributed by atoms with E-state index in [1.54, 1.807) is 16.4 Å². The SMILES string of the molecule is O=C([C@@H]1CCO[C@@H]2CCN(Cc3nccs3)C[C@@H]21)N1CCCO1. The van der Waals surface area contributed by atoms with Crippen molar-refractivity contribution in [2.24, 2.45) is 11.8 Å². The molecule has 3 atom stereocenters. The first-order chi connectivity index (χ1) is 11.3. The molecule has 4 heterocycles. The number of hydroxylamine groups is 2. The largest absolute Gasteiger partial charge is 0.378 e. The summed E-state index contributed by atoms with van der Waals surface area (Å²) >= 11 is 1.69. The lowest BCUT2D eigenvalue weighted by atomic mass is 9.79. The van der Waals surface area contributed by atoms with Crippen molar-refractivity contribution in [2.45, 2.75) is 31.9 Å². The van der Waals surface area contributed by atoms with Crippen molar-refractivity contribution in [3.05, 3.63) is 16.6 Å². The first-order valence-corrected chi connectivity index (χ1v) is 9.36. The fraction of sp³-hybridized carbons (Fsp3) is 0.750. The van der Waals surface area contributed by atoms with Crippen LogP contribution in [0.25, 0.3) is 0 Å². The summed E-state index contributed by atoms with van der Waals surface area (Å²) in [6.45, 7) is 4.89. The van der Waals surface area contributed by atoms with E-state index in [9.17, 15) is 4.79 Å². The molecule has 3 fully saturated rings. The van der Waals surface area contributed by atoms with Crippen molar-refractivity contribution in [1.82, 2.24) is 14.9 Å². The zero-order valence-electron chi connectivity index (χ0n) is 13.2. The predicted molar refractivity (Wildman–Crippen MR) is 85.6 cm³/mol. The third-order valence-electron chi connectivity index (χ3n) is 5.11. The molecule has 0 radical (unpaired) electrons. The summed E-state index contributed by atoms with van der Waals surface area (Å²) < 4.78 is 5.96. The molecule has 0 saturated carbocycles. The van der Waals surface area contributed by atoms with Gasteiger partial charge < -0.3 is 4.74 Å². The zero-order valence-corrected chi connectivity index (χ0v) is 14.0. The first-order valence-electron chi connectivity index (χ1n) is 8.48. The lowest BCUT2D eigenvalue weighted by Crippen LogP contribution is -2.53. The van der Waals surface area contributed by atoms with E-state index in [0.717, 1.165) is 50.4 Å². The normalized spacial score (nSPS) is 32.0. The molecule has 4 rings (SSSR count). The number of piperidine rings is 1. The fourth-order valence-corrected chi connectivity index (χ4v) is 4.62. The second-order valence-corrected chi connectivity index (χ2v) is 7.52. The molecular weight excluding hydrogens is 314 g/mol. The Kier molecular flexibility index (Phi) is 4.61. The summed E-state index contributed by atoms with van der Waals surface area (Å²) in [7, 11) is 0. The van der Waals surface area contributed by atoms with E-state index in [0.29, 0.717) is 13.2 Å². The van der Waals surface area contributed by atoms with E-state index in [-0.39, 0.29) is 23.8 Å². The molecule has 0 N–H and O–H groups in total. The summed E-state index contributed by atoms with van der Waals surface area (Å²) in [5, 5.41) is 4.75. The molecule has 0 spiro atoms. The molecule has 23 heavy (non-hydrogen) atoms. The summed E-state index contributed by atoms with van der Waals surface area (Å²) in [5.41, 5.74) is 0. The average Bonchev–Trinajstić information content (AvgIpc) is 3.27. The number of hydrogen-bond acceptors (Lipinski definition) is 6. The maximum Gasteiger partial charge on any atom is 0.249 e. The standard InChI is InChI=1S/C16H23N3O3S/c20-16(19-5-1-7-22-19)12-3-8-21-14-2-6-18(10-13(12)14)11-15-17-4-9-23-15/h4,9,12-14H,1-3,5-8,10-11H2/t12-,13-,14-/m1/s1. The quantitative estimate of drug-likeness (QED) is 0.837. The molecule has 0 unspecified atom stereocenters. The Hall–Kier alpha value is -1.02. The van der Waals surface area contributed by atoms with Gasteiger partial charge in [-0.2, -0.15) is 0 Å². The lowest BCUT2D eigenvalue weighted by Gasteiger charge is -2.44. The zero-order chi connectivity index (χ0) is 15.6. The second kappa shape index (κ2) is 6.84. The van der Waals surface area contributed by atoms with Crippen LogP contribution >= 0.6 is 11.3 Å². The van der Waals surface area contributed by atoms with Crippen LogP contribution in [0.2, 0.25) is 0 Å². The molecule has 1 aromatic heterocycles. The first kappa shape index (κ1) is 15.5. The van der Waals surface area contributed by atoms with E-state index < -0.39 is 0 Å². The number of ether oxygens (including phenoxy) is 1. The smallest absolute Gasteiger partial charge is 0.249 e. The Bertz CT molecular complexity index is 533. The number of hydrogen-bond donors (Lipinski definition) is 0. The van der Waals surface area contributed by atoms with Crippen molar-refractivity contribution in [1.29, 1.82) is 0 Å². The molecule has 3 saturated heterocycles. The van der Waals surface area contributed by atoms with Crippen LogP contribution in [0.15, 0.2) is 11.6 Å².